The standard InChI is InChI=1S/C24H46O5/c1-2-3-4-5-6-7-8-9-10-11-12-13-14-15-16-17-18-28-19-22(26)24-23(27)21(25)20-29-24/h8-9,21-27H,2-7,10-20H2,1H3/b9-8+/t21-,22+,23+,24+/m1/s1. The van der Waals surface area contributed by atoms with Gasteiger partial charge in [0.25, 0.3) is 0 Å². The highest BCUT2D eigenvalue weighted by molar-refractivity contribution is 4.87. The van der Waals surface area contributed by atoms with Crippen LogP contribution in [0.4, 0.5) is 0 Å². The molecule has 5 heteroatoms. The van der Waals surface area contributed by atoms with Crippen LogP contribution in [0.15, 0.2) is 12.2 Å². The number of ether oxygens (including phenoxy) is 2. The van der Waals surface area contributed by atoms with Crippen molar-refractivity contribution >= 4 is 0 Å². The Labute approximate surface area is 178 Å². The van der Waals surface area contributed by atoms with Crippen LogP contribution in [0.3, 0.4) is 0 Å². The summed E-state index contributed by atoms with van der Waals surface area (Å²) in [5, 5.41) is 29.0. The molecule has 0 amide bonds. The van der Waals surface area contributed by atoms with Gasteiger partial charge in [0.1, 0.15) is 24.4 Å². The number of allylic oxidation sites excluding steroid dienone is 2. The van der Waals surface area contributed by atoms with E-state index in [1.165, 1.54) is 77.0 Å². The number of aliphatic hydroxyl groups excluding tert-OH is 3. The Morgan fingerprint density at radius 3 is 1.97 bits per heavy atom. The second kappa shape index (κ2) is 18.3. The van der Waals surface area contributed by atoms with Crippen LogP contribution in [-0.2, 0) is 9.47 Å². The first-order valence-electron chi connectivity index (χ1n) is 12.0. The van der Waals surface area contributed by atoms with E-state index in [-0.39, 0.29) is 13.2 Å². The van der Waals surface area contributed by atoms with Gasteiger partial charge < -0.3 is 24.8 Å². The maximum Gasteiger partial charge on any atom is 0.114 e. The molecule has 172 valence electrons. The Morgan fingerprint density at radius 2 is 1.41 bits per heavy atom. The van der Waals surface area contributed by atoms with Crippen molar-refractivity contribution in [2.75, 3.05) is 19.8 Å². The first-order valence-corrected chi connectivity index (χ1v) is 12.0. The second-order valence-corrected chi connectivity index (χ2v) is 8.44. The zero-order chi connectivity index (χ0) is 21.2. The third-order valence-corrected chi connectivity index (χ3v) is 5.66. The molecule has 5 nitrogen and oxygen atoms in total. The average Bonchev–Trinajstić information content (AvgIpc) is 3.05. The molecule has 29 heavy (non-hydrogen) atoms. The molecule has 0 spiro atoms. The largest absolute Gasteiger partial charge is 0.388 e. The maximum absolute atomic E-state index is 9.95. The average molecular weight is 415 g/mol. The van der Waals surface area contributed by atoms with Crippen LogP contribution in [0.1, 0.15) is 96.8 Å². The van der Waals surface area contributed by atoms with E-state index in [9.17, 15) is 15.3 Å². The van der Waals surface area contributed by atoms with E-state index in [1.54, 1.807) is 0 Å². The Morgan fingerprint density at radius 1 is 0.862 bits per heavy atom. The Bertz CT molecular complexity index is 387. The molecule has 0 aromatic rings. The van der Waals surface area contributed by atoms with E-state index in [4.69, 9.17) is 9.47 Å². The molecule has 0 aliphatic carbocycles. The van der Waals surface area contributed by atoms with Crippen molar-refractivity contribution in [2.45, 2.75) is 121 Å². The zero-order valence-corrected chi connectivity index (χ0v) is 18.6. The van der Waals surface area contributed by atoms with Crippen LogP contribution in [0.2, 0.25) is 0 Å². The van der Waals surface area contributed by atoms with Crippen molar-refractivity contribution in [3.05, 3.63) is 12.2 Å². The van der Waals surface area contributed by atoms with Crippen molar-refractivity contribution in [1.29, 1.82) is 0 Å². The fraction of sp³-hybridized carbons (Fsp3) is 0.917. The lowest BCUT2D eigenvalue weighted by Gasteiger charge is -2.20. The van der Waals surface area contributed by atoms with Crippen molar-refractivity contribution < 1.29 is 24.8 Å². The van der Waals surface area contributed by atoms with Crippen LogP contribution >= 0.6 is 0 Å². The molecule has 1 heterocycles. The fourth-order valence-corrected chi connectivity index (χ4v) is 3.72. The van der Waals surface area contributed by atoms with Crippen LogP contribution in [0.25, 0.3) is 0 Å². The SMILES string of the molecule is CCCCCCC/C=C/CCCCCCCCCOC[C@H](O)[C@@H]1OC[C@@H](O)[C@@H]1O. The molecule has 1 rings (SSSR count). The molecule has 1 aliphatic heterocycles. The number of aliphatic hydroxyl groups is 3. The predicted molar refractivity (Wildman–Crippen MR) is 118 cm³/mol. The summed E-state index contributed by atoms with van der Waals surface area (Å²) in [5.41, 5.74) is 0. The lowest BCUT2D eigenvalue weighted by molar-refractivity contribution is -0.0813. The minimum Gasteiger partial charge on any atom is -0.388 e. The smallest absolute Gasteiger partial charge is 0.114 e. The summed E-state index contributed by atoms with van der Waals surface area (Å²) >= 11 is 0. The summed E-state index contributed by atoms with van der Waals surface area (Å²) in [4.78, 5) is 0. The molecule has 0 saturated carbocycles. The summed E-state index contributed by atoms with van der Waals surface area (Å²) in [6.45, 7) is 3.08. The van der Waals surface area contributed by atoms with E-state index in [2.05, 4.69) is 19.1 Å². The van der Waals surface area contributed by atoms with Gasteiger partial charge in [0.05, 0.1) is 13.2 Å². The molecule has 0 radical (unpaired) electrons. The lowest BCUT2D eigenvalue weighted by atomic mass is 10.1. The molecule has 4 atom stereocenters. The Kier molecular flexibility index (Phi) is 16.8. The van der Waals surface area contributed by atoms with Gasteiger partial charge in [-0.15, -0.1) is 0 Å². The molecule has 0 unspecified atom stereocenters. The van der Waals surface area contributed by atoms with E-state index in [0.717, 1.165) is 12.8 Å². The lowest BCUT2D eigenvalue weighted by Crippen LogP contribution is -2.40. The van der Waals surface area contributed by atoms with Gasteiger partial charge in [0, 0.05) is 6.61 Å². The van der Waals surface area contributed by atoms with Crippen LogP contribution in [0, 0.1) is 0 Å². The molecule has 0 aromatic heterocycles. The van der Waals surface area contributed by atoms with Crippen molar-refractivity contribution in [3.63, 3.8) is 0 Å². The summed E-state index contributed by atoms with van der Waals surface area (Å²) in [5.74, 6) is 0. The number of rotatable bonds is 19. The van der Waals surface area contributed by atoms with E-state index >= 15 is 0 Å². The third-order valence-electron chi connectivity index (χ3n) is 5.66. The van der Waals surface area contributed by atoms with E-state index < -0.39 is 24.4 Å². The van der Waals surface area contributed by atoms with Gasteiger partial charge in [-0.05, 0) is 32.1 Å². The van der Waals surface area contributed by atoms with E-state index in [1.807, 2.05) is 0 Å². The predicted octanol–water partition coefficient (Wildman–Crippen LogP) is 4.52. The van der Waals surface area contributed by atoms with Gasteiger partial charge in [-0.25, -0.2) is 0 Å². The first-order chi connectivity index (χ1) is 14.2. The quantitative estimate of drug-likeness (QED) is 0.214. The topological polar surface area (TPSA) is 79.2 Å². The molecule has 1 saturated heterocycles. The summed E-state index contributed by atoms with van der Waals surface area (Å²) in [6, 6.07) is 0. The molecule has 0 bridgehead atoms. The van der Waals surface area contributed by atoms with Crippen LogP contribution in [-0.4, -0.2) is 59.6 Å². The van der Waals surface area contributed by atoms with Gasteiger partial charge in [-0.2, -0.15) is 0 Å². The van der Waals surface area contributed by atoms with Gasteiger partial charge in [0.2, 0.25) is 0 Å². The van der Waals surface area contributed by atoms with E-state index in [0.29, 0.717) is 6.61 Å². The maximum atomic E-state index is 9.95. The van der Waals surface area contributed by atoms with Crippen LogP contribution < -0.4 is 0 Å². The van der Waals surface area contributed by atoms with Crippen molar-refractivity contribution in [2.24, 2.45) is 0 Å². The summed E-state index contributed by atoms with van der Waals surface area (Å²) in [6.07, 6.45) is 19.0. The van der Waals surface area contributed by atoms with Crippen LogP contribution in [0.5, 0.6) is 0 Å². The molecule has 1 fully saturated rings. The Hall–Kier alpha value is -0.460. The highest BCUT2D eigenvalue weighted by Crippen LogP contribution is 2.18. The van der Waals surface area contributed by atoms with Gasteiger partial charge >= 0.3 is 0 Å². The molecule has 1 aliphatic rings. The normalized spacial score (nSPS) is 23.2. The zero-order valence-electron chi connectivity index (χ0n) is 18.6. The first kappa shape index (κ1) is 26.6. The van der Waals surface area contributed by atoms with Crippen molar-refractivity contribution in [3.8, 4) is 0 Å². The monoisotopic (exact) mass is 414 g/mol. The highest BCUT2D eigenvalue weighted by Gasteiger charge is 2.39. The van der Waals surface area contributed by atoms with Gasteiger partial charge in [-0.3, -0.25) is 0 Å². The third kappa shape index (κ3) is 13.5. The van der Waals surface area contributed by atoms with Crippen molar-refractivity contribution in [1.82, 2.24) is 0 Å². The second-order valence-electron chi connectivity index (χ2n) is 8.44. The summed E-state index contributed by atoms with van der Waals surface area (Å²) < 4.78 is 10.7. The minimum atomic E-state index is -1.03. The highest BCUT2D eigenvalue weighted by atomic mass is 16.5. The van der Waals surface area contributed by atoms with Gasteiger partial charge in [-0.1, -0.05) is 76.9 Å². The molecule has 0 aromatic carbocycles. The van der Waals surface area contributed by atoms with Gasteiger partial charge in [0.15, 0.2) is 0 Å². The minimum absolute atomic E-state index is 0.0678. The number of hydrogen-bond acceptors (Lipinski definition) is 5. The molecular weight excluding hydrogens is 368 g/mol. The number of hydrogen-bond donors (Lipinski definition) is 3. The molecule has 3 N–H and O–H groups in total. The summed E-state index contributed by atoms with van der Waals surface area (Å²) in [7, 11) is 0. The number of unbranched alkanes of at least 4 members (excludes halogenated alkanes) is 12. The molecular formula is C24H46O5. The fourth-order valence-electron chi connectivity index (χ4n) is 3.72. The Balaban J connectivity index is 1.78.